The van der Waals surface area contributed by atoms with Crippen LogP contribution in [-0.2, 0) is 6.42 Å². The first-order valence-electron chi connectivity index (χ1n) is 4.46. The van der Waals surface area contributed by atoms with Crippen LogP contribution < -0.4 is 0 Å². The second-order valence-corrected chi connectivity index (χ2v) is 3.79. The van der Waals surface area contributed by atoms with Crippen molar-refractivity contribution in [1.29, 1.82) is 0 Å². The van der Waals surface area contributed by atoms with Gasteiger partial charge in [0, 0.05) is 11.8 Å². The van der Waals surface area contributed by atoms with Gasteiger partial charge >= 0.3 is 0 Å². The summed E-state index contributed by atoms with van der Waals surface area (Å²) >= 11 is 0. The Bertz CT molecular complexity index is 370. The van der Waals surface area contributed by atoms with Gasteiger partial charge in [0.2, 0.25) is 0 Å². The molecule has 12 heavy (non-hydrogen) atoms. The molecule has 0 saturated heterocycles. The van der Waals surface area contributed by atoms with Crippen LogP contribution in [0.5, 0.6) is 0 Å². The molecule has 0 aliphatic heterocycles. The number of terminal acetylenes is 1. The molecular weight excluding hydrogens is 144 g/mol. The van der Waals surface area contributed by atoms with Gasteiger partial charge in [0.1, 0.15) is 0 Å². The molecule has 0 aromatic heterocycles. The van der Waals surface area contributed by atoms with E-state index in [-0.39, 0.29) is 0 Å². The molecule has 1 aromatic rings. The Hall–Kier alpha value is -1.22. The second kappa shape index (κ2) is 1.93. The van der Waals surface area contributed by atoms with E-state index in [1.807, 2.05) is 0 Å². The van der Waals surface area contributed by atoms with Gasteiger partial charge in [-0.3, -0.25) is 0 Å². The van der Waals surface area contributed by atoms with Crippen molar-refractivity contribution < 1.29 is 0 Å². The van der Waals surface area contributed by atoms with Gasteiger partial charge in [0.25, 0.3) is 0 Å². The molecule has 0 amide bonds. The van der Waals surface area contributed by atoms with E-state index in [1.165, 1.54) is 17.5 Å². The molecule has 1 fully saturated rings. The lowest BCUT2D eigenvalue weighted by Gasteiger charge is -2.01. The molecule has 0 bridgehead atoms. The number of benzene rings is 1. The van der Waals surface area contributed by atoms with Crippen LogP contribution in [0.4, 0.5) is 0 Å². The quantitative estimate of drug-likeness (QED) is 0.502. The van der Waals surface area contributed by atoms with Crippen LogP contribution in [0, 0.1) is 24.2 Å². The van der Waals surface area contributed by atoms with Crippen LogP contribution in [0.25, 0.3) is 0 Å². The highest BCUT2D eigenvalue weighted by Gasteiger charge is 2.54. The van der Waals surface area contributed by atoms with E-state index in [4.69, 9.17) is 6.42 Å². The van der Waals surface area contributed by atoms with Crippen molar-refractivity contribution in [2.24, 2.45) is 11.8 Å². The minimum atomic E-state index is 0.555. The average Bonchev–Trinajstić information content (AvgIpc) is 2.68. The number of hydrogen-bond donors (Lipinski definition) is 0. The Labute approximate surface area is 72.6 Å². The van der Waals surface area contributed by atoms with Crippen molar-refractivity contribution in [3.63, 3.8) is 0 Å². The third-order valence-corrected chi connectivity index (χ3v) is 3.23. The molecule has 3 atom stereocenters. The number of fused-ring (bicyclic) bond motifs is 3. The van der Waals surface area contributed by atoms with Gasteiger partial charge in [-0.25, -0.2) is 0 Å². The average molecular weight is 154 g/mol. The summed E-state index contributed by atoms with van der Waals surface area (Å²) in [5, 5.41) is 0. The monoisotopic (exact) mass is 154 g/mol. The molecule has 0 radical (unpaired) electrons. The molecule has 58 valence electrons. The van der Waals surface area contributed by atoms with Crippen molar-refractivity contribution >= 4 is 0 Å². The van der Waals surface area contributed by atoms with Crippen LogP contribution in [0.15, 0.2) is 24.3 Å². The Balaban J connectivity index is 2.07. The molecule has 0 nitrogen and oxygen atoms in total. The normalized spacial score (nSPS) is 35.1. The fraction of sp³-hybridized carbons (Fsp3) is 0.333. The summed E-state index contributed by atoms with van der Waals surface area (Å²) in [4.78, 5) is 0. The lowest BCUT2D eigenvalue weighted by atomic mass is 10.0. The summed E-state index contributed by atoms with van der Waals surface area (Å²) < 4.78 is 0. The summed E-state index contributed by atoms with van der Waals surface area (Å²) in [6.07, 6.45) is 6.65. The van der Waals surface area contributed by atoms with E-state index in [9.17, 15) is 0 Å². The summed E-state index contributed by atoms with van der Waals surface area (Å²) in [6, 6.07) is 8.70. The van der Waals surface area contributed by atoms with Gasteiger partial charge in [0.15, 0.2) is 0 Å². The SMILES string of the molecule is C#C[C@@H]1[C@@H]2Cc3ccccc3[C@H]12. The van der Waals surface area contributed by atoms with E-state index >= 15 is 0 Å². The third-order valence-electron chi connectivity index (χ3n) is 3.23. The van der Waals surface area contributed by atoms with Crippen molar-refractivity contribution in [1.82, 2.24) is 0 Å². The van der Waals surface area contributed by atoms with E-state index in [1.54, 1.807) is 0 Å². The first-order valence-corrected chi connectivity index (χ1v) is 4.46. The summed E-state index contributed by atoms with van der Waals surface area (Å²) in [5.41, 5.74) is 3.05. The predicted octanol–water partition coefficient (Wildman–Crippen LogP) is 2.21. The smallest absolute Gasteiger partial charge is 0.0309 e. The van der Waals surface area contributed by atoms with Crippen molar-refractivity contribution in [3.8, 4) is 12.3 Å². The highest BCUT2D eigenvalue weighted by Crippen LogP contribution is 2.60. The highest BCUT2D eigenvalue weighted by atomic mass is 14.6. The highest BCUT2D eigenvalue weighted by molar-refractivity contribution is 5.45. The lowest BCUT2D eigenvalue weighted by molar-refractivity contribution is 0.811. The molecule has 1 aromatic carbocycles. The predicted molar refractivity (Wildman–Crippen MR) is 48.7 cm³/mol. The van der Waals surface area contributed by atoms with Crippen LogP contribution in [0.3, 0.4) is 0 Å². The van der Waals surface area contributed by atoms with E-state index in [0.29, 0.717) is 11.8 Å². The number of rotatable bonds is 0. The topological polar surface area (TPSA) is 0 Å². The Morgan fingerprint density at radius 1 is 1.33 bits per heavy atom. The molecular formula is C12H10. The lowest BCUT2D eigenvalue weighted by Crippen LogP contribution is -1.90. The van der Waals surface area contributed by atoms with E-state index < -0.39 is 0 Å². The van der Waals surface area contributed by atoms with Crippen molar-refractivity contribution in [2.75, 3.05) is 0 Å². The van der Waals surface area contributed by atoms with Gasteiger partial charge in [-0.1, -0.05) is 24.3 Å². The minimum Gasteiger partial charge on any atom is -0.120 e. The van der Waals surface area contributed by atoms with Gasteiger partial charge < -0.3 is 0 Å². The standard InChI is InChI=1S/C12H10/c1-2-9-11-7-8-5-3-4-6-10(8)12(9)11/h1,3-6,9,11-12H,7H2/t9-,11+,12+/m1/s1. The maximum absolute atomic E-state index is 5.43. The molecule has 0 spiro atoms. The Morgan fingerprint density at radius 2 is 2.17 bits per heavy atom. The molecule has 0 N–H and O–H groups in total. The van der Waals surface area contributed by atoms with Crippen LogP contribution in [0.1, 0.15) is 17.0 Å². The maximum atomic E-state index is 5.43. The summed E-state index contributed by atoms with van der Waals surface area (Å²) in [5.74, 6) is 4.94. The number of hydrogen-bond acceptors (Lipinski definition) is 0. The van der Waals surface area contributed by atoms with Crippen molar-refractivity contribution in [2.45, 2.75) is 12.3 Å². The first kappa shape index (κ1) is 6.31. The summed E-state index contributed by atoms with van der Waals surface area (Å²) in [7, 11) is 0. The Morgan fingerprint density at radius 3 is 3.00 bits per heavy atom. The Kier molecular flexibility index (Phi) is 1.01. The zero-order valence-corrected chi connectivity index (χ0v) is 6.83. The molecule has 1 saturated carbocycles. The van der Waals surface area contributed by atoms with Crippen LogP contribution in [-0.4, -0.2) is 0 Å². The molecule has 2 aliphatic carbocycles. The van der Waals surface area contributed by atoms with Crippen LogP contribution in [0.2, 0.25) is 0 Å². The molecule has 3 rings (SSSR count). The minimum absolute atomic E-state index is 0.555. The second-order valence-electron chi connectivity index (χ2n) is 3.79. The fourth-order valence-electron chi connectivity index (χ4n) is 2.58. The zero-order valence-electron chi connectivity index (χ0n) is 6.83. The van der Waals surface area contributed by atoms with E-state index in [0.717, 1.165) is 5.92 Å². The molecule has 2 aliphatic rings. The largest absolute Gasteiger partial charge is 0.120 e. The van der Waals surface area contributed by atoms with Crippen molar-refractivity contribution in [3.05, 3.63) is 35.4 Å². The fourth-order valence-corrected chi connectivity index (χ4v) is 2.58. The van der Waals surface area contributed by atoms with Crippen LogP contribution >= 0.6 is 0 Å². The molecule has 0 heterocycles. The summed E-state index contributed by atoms with van der Waals surface area (Å²) in [6.45, 7) is 0. The van der Waals surface area contributed by atoms with Gasteiger partial charge in [-0.05, 0) is 23.5 Å². The van der Waals surface area contributed by atoms with Gasteiger partial charge in [-0.15, -0.1) is 12.3 Å². The maximum Gasteiger partial charge on any atom is 0.0309 e. The zero-order chi connectivity index (χ0) is 8.13. The third kappa shape index (κ3) is 0.599. The van der Waals surface area contributed by atoms with Gasteiger partial charge in [0.05, 0.1) is 0 Å². The molecule has 0 heteroatoms. The van der Waals surface area contributed by atoms with E-state index in [2.05, 4.69) is 30.2 Å². The van der Waals surface area contributed by atoms with Gasteiger partial charge in [-0.2, -0.15) is 0 Å². The first-order chi connectivity index (χ1) is 5.92. The molecule has 0 unspecified atom stereocenters.